The quantitative estimate of drug-likeness (QED) is 0.0368. The van der Waals surface area contributed by atoms with Gasteiger partial charge in [-0.3, -0.25) is 9.59 Å². The Balaban J connectivity index is 2.66. The molecule has 0 N–H and O–H groups in total. The summed E-state index contributed by atoms with van der Waals surface area (Å²) >= 11 is 0. The minimum absolute atomic E-state index is 0.0359. The molecule has 0 spiro atoms. The van der Waals surface area contributed by atoms with E-state index < -0.39 is 14.4 Å². The van der Waals surface area contributed by atoms with Gasteiger partial charge in [-0.15, -0.1) is 0 Å². The van der Waals surface area contributed by atoms with E-state index in [1.807, 2.05) is 51.5 Å². The zero-order valence-electron chi connectivity index (χ0n) is 30.5. The lowest BCUT2D eigenvalue weighted by molar-refractivity contribution is -0.873. The van der Waals surface area contributed by atoms with Crippen LogP contribution in [0.25, 0.3) is 0 Å². The lowest BCUT2D eigenvalue weighted by atomic mass is 10.1. The van der Waals surface area contributed by atoms with Crippen LogP contribution in [0, 0.1) is 0 Å². The molecule has 7 heteroatoms. The highest BCUT2D eigenvalue weighted by atomic mass is 28.4. The van der Waals surface area contributed by atoms with Crippen LogP contribution in [0.3, 0.4) is 0 Å². The minimum Gasteiger partial charge on any atom is -0.461 e. The molecule has 6 nitrogen and oxygen atoms in total. The van der Waals surface area contributed by atoms with Crippen LogP contribution in [-0.4, -0.2) is 64.6 Å². The molecule has 0 saturated carbocycles. The third kappa shape index (κ3) is 20.7. The maximum Gasteiger partial charge on any atom is 0.310 e. The molecule has 1 aromatic rings. The first-order valence-corrected chi connectivity index (χ1v) is 20.6. The number of nitrogens with zero attached hydrogens (tertiary/aromatic N) is 1. The van der Waals surface area contributed by atoms with E-state index >= 15 is 0 Å². The molecule has 1 unspecified atom stereocenters. The zero-order valence-corrected chi connectivity index (χ0v) is 31.5. The summed E-state index contributed by atoms with van der Waals surface area (Å²) in [4.78, 5) is 26.0. The van der Waals surface area contributed by atoms with Crippen LogP contribution in [0.5, 0.6) is 0 Å². The molecule has 0 heterocycles. The summed E-state index contributed by atoms with van der Waals surface area (Å²) in [5, 5.41) is 0.0463. The second-order valence-electron chi connectivity index (χ2n) is 15.3. The van der Waals surface area contributed by atoms with Crippen molar-refractivity contribution in [2.24, 2.45) is 0 Å². The Bertz CT molecular complexity index is 965. The smallest absolute Gasteiger partial charge is 0.310 e. The largest absolute Gasteiger partial charge is 0.461 e. The van der Waals surface area contributed by atoms with E-state index in [0.29, 0.717) is 11.0 Å². The zero-order chi connectivity index (χ0) is 33.8. The Morgan fingerprint density at radius 3 is 1.93 bits per heavy atom. The van der Waals surface area contributed by atoms with Gasteiger partial charge in [-0.2, -0.15) is 0 Å². The summed E-state index contributed by atoms with van der Waals surface area (Å²) in [5.74, 6) is -0.661. The van der Waals surface area contributed by atoms with E-state index in [-0.39, 0.29) is 42.5 Å². The van der Waals surface area contributed by atoms with Gasteiger partial charge in [0.2, 0.25) is 0 Å². The van der Waals surface area contributed by atoms with Gasteiger partial charge >= 0.3 is 11.9 Å². The number of quaternary nitrogens is 1. The topological polar surface area (TPSA) is 61.8 Å². The van der Waals surface area contributed by atoms with Gasteiger partial charge in [0.05, 0.1) is 40.1 Å². The molecule has 0 aliphatic carbocycles. The van der Waals surface area contributed by atoms with Gasteiger partial charge in [0.15, 0.2) is 14.4 Å². The average Bonchev–Trinajstić information content (AvgIpc) is 2.93. The number of unbranched alkanes of at least 4 members (excludes halogenated alkanes) is 9. The van der Waals surface area contributed by atoms with Gasteiger partial charge in [0.1, 0.15) is 13.2 Å². The number of likely N-dealkylation sites (N-methyl/N-ethyl adjacent to an activating group) is 1. The summed E-state index contributed by atoms with van der Waals surface area (Å²) in [6.07, 6.45) is 18.7. The molecule has 0 fully saturated rings. The molecule has 258 valence electrons. The lowest BCUT2D eigenvalue weighted by Crippen LogP contribution is -2.45. The van der Waals surface area contributed by atoms with Gasteiger partial charge in [-0.25, -0.2) is 0 Å². The Hall–Kier alpha value is -1.96. The molecule has 1 rings (SSSR count). The minimum atomic E-state index is -2.08. The molecule has 0 aromatic heterocycles. The summed E-state index contributed by atoms with van der Waals surface area (Å²) in [7, 11) is 4.01. The standard InChI is InChI=1S/C38H68NO5Si/c1-10-11-12-13-14-15-16-17-18-19-20-21-25-28-34(44-45(8,9)38(2,3)4)29-37(41)43-35(31-39(5,6)7)30-36(40)42-32-33-26-23-22-24-27-33/h17-18,22-24,26-27,34-35H,10-16,19-21,25,28-32H2,1-9H3/q+1/b18-17-/t34?,35-/m1/s1. The van der Waals surface area contributed by atoms with Gasteiger partial charge in [-0.05, 0) is 55.8 Å². The number of rotatable bonds is 24. The molecule has 45 heavy (non-hydrogen) atoms. The van der Waals surface area contributed by atoms with Crippen molar-refractivity contribution < 1.29 is 28.0 Å². The molecular weight excluding hydrogens is 579 g/mol. The van der Waals surface area contributed by atoms with E-state index in [1.54, 1.807) is 0 Å². The molecular formula is C38H68NO5Si+. The van der Waals surface area contributed by atoms with E-state index in [2.05, 4.69) is 52.9 Å². The van der Waals surface area contributed by atoms with Crippen LogP contribution in [0.4, 0.5) is 0 Å². The van der Waals surface area contributed by atoms with Gasteiger partial charge in [0.25, 0.3) is 0 Å². The fraction of sp³-hybridized carbons (Fsp3) is 0.737. The molecule has 0 amide bonds. The van der Waals surface area contributed by atoms with Crippen molar-refractivity contribution in [2.75, 3.05) is 27.7 Å². The summed E-state index contributed by atoms with van der Waals surface area (Å²) in [6.45, 7) is 14.1. The molecule has 0 bridgehead atoms. The Labute approximate surface area is 278 Å². The number of benzene rings is 1. The second kappa shape index (κ2) is 21.8. The van der Waals surface area contributed by atoms with Crippen molar-refractivity contribution >= 4 is 20.3 Å². The molecule has 0 saturated heterocycles. The van der Waals surface area contributed by atoms with Crippen LogP contribution in [0.1, 0.15) is 123 Å². The number of hydrogen-bond donors (Lipinski definition) is 0. The van der Waals surface area contributed by atoms with Crippen LogP contribution in [0.15, 0.2) is 42.5 Å². The van der Waals surface area contributed by atoms with Gasteiger partial charge < -0.3 is 18.4 Å². The van der Waals surface area contributed by atoms with Crippen LogP contribution >= 0.6 is 0 Å². The number of allylic oxidation sites excluding steroid dienone is 2. The number of carbonyl (C=O) groups excluding carboxylic acids is 2. The maximum atomic E-state index is 13.3. The molecule has 0 aliphatic heterocycles. The van der Waals surface area contributed by atoms with E-state index in [4.69, 9.17) is 13.9 Å². The highest BCUT2D eigenvalue weighted by molar-refractivity contribution is 6.74. The van der Waals surface area contributed by atoms with Crippen LogP contribution in [0.2, 0.25) is 18.1 Å². The van der Waals surface area contributed by atoms with Crippen molar-refractivity contribution in [1.29, 1.82) is 0 Å². The van der Waals surface area contributed by atoms with Gasteiger partial charge in [-0.1, -0.05) is 115 Å². The van der Waals surface area contributed by atoms with Crippen LogP contribution in [-0.2, 0) is 30.1 Å². The molecule has 0 aliphatic rings. The predicted molar refractivity (Wildman–Crippen MR) is 191 cm³/mol. The Morgan fingerprint density at radius 1 is 0.800 bits per heavy atom. The van der Waals surface area contributed by atoms with E-state index in [0.717, 1.165) is 37.7 Å². The number of carbonyl (C=O) groups is 2. The normalized spacial score (nSPS) is 14.0. The highest BCUT2D eigenvalue weighted by Crippen LogP contribution is 2.38. The fourth-order valence-corrected chi connectivity index (χ4v) is 6.43. The lowest BCUT2D eigenvalue weighted by Gasteiger charge is -2.39. The second-order valence-corrected chi connectivity index (χ2v) is 20.1. The summed E-state index contributed by atoms with van der Waals surface area (Å²) in [5.41, 5.74) is 0.931. The Kier molecular flexibility index (Phi) is 19.9. The third-order valence-corrected chi connectivity index (χ3v) is 13.2. The molecule has 2 atom stereocenters. The molecule has 0 radical (unpaired) electrons. The monoisotopic (exact) mass is 646 g/mol. The van der Waals surface area contributed by atoms with Crippen molar-refractivity contribution in [3.8, 4) is 0 Å². The molecule has 1 aromatic carbocycles. The predicted octanol–water partition coefficient (Wildman–Crippen LogP) is 9.78. The first-order valence-electron chi connectivity index (χ1n) is 17.6. The van der Waals surface area contributed by atoms with E-state index in [1.165, 1.54) is 44.9 Å². The van der Waals surface area contributed by atoms with Crippen molar-refractivity contribution in [2.45, 2.75) is 155 Å². The van der Waals surface area contributed by atoms with Crippen molar-refractivity contribution in [3.63, 3.8) is 0 Å². The fourth-order valence-electron chi connectivity index (χ4n) is 5.04. The SMILES string of the molecule is CCCCCCCC/C=C\CCCCCC(CC(=O)O[C@H](CC(=O)OCc1ccccc1)C[N+](C)(C)C)O[Si](C)(C)C(C)(C)C. The van der Waals surface area contributed by atoms with E-state index in [9.17, 15) is 9.59 Å². The van der Waals surface area contributed by atoms with Crippen LogP contribution < -0.4 is 0 Å². The van der Waals surface area contributed by atoms with Gasteiger partial charge in [0, 0.05) is 0 Å². The first-order chi connectivity index (χ1) is 21.1. The summed E-state index contributed by atoms with van der Waals surface area (Å²) in [6, 6.07) is 9.62. The number of esters is 2. The van der Waals surface area contributed by atoms with Crippen molar-refractivity contribution in [1.82, 2.24) is 0 Å². The highest BCUT2D eigenvalue weighted by Gasteiger charge is 2.39. The summed E-state index contributed by atoms with van der Waals surface area (Å²) < 4.78 is 18.8. The average molecular weight is 647 g/mol. The number of hydrogen-bond acceptors (Lipinski definition) is 5. The maximum absolute atomic E-state index is 13.3. The third-order valence-electron chi connectivity index (χ3n) is 8.64. The first kappa shape index (κ1) is 41.1. The number of ether oxygens (including phenoxy) is 2. The van der Waals surface area contributed by atoms with Crippen molar-refractivity contribution in [3.05, 3.63) is 48.0 Å². The Morgan fingerprint density at radius 2 is 1.36 bits per heavy atom.